The first-order chi connectivity index (χ1) is 10.8. The molecule has 0 saturated carbocycles. The summed E-state index contributed by atoms with van der Waals surface area (Å²) in [4.78, 5) is 17.1. The maximum absolute atomic E-state index is 12.6. The molecule has 2 aromatic heterocycles. The Morgan fingerprint density at radius 1 is 1.22 bits per heavy atom. The Morgan fingerprint density at radius 3 is 2.65 bits per heavy atom. The first kappa shape index (κ1) is 15.7. The molecule has 0 spiro atoms. The van der Waals surface area contributed by atoms with Gasteiger partial charge < -0.3 is 0 Å². The zero-order valence-corrected chi connectivity index (χ0v) is 14.8. The molecule has 0 saturated heterocycles. The van der Waals surface area contributed by atoms with Crippen LogP contribution in [0.1, 0.15) is 47.2 Å². The van der Waals surface area contributed by atoms with Crippen molar-refractivity contribution in [2.45, 2.75) is 40.7 Å². The molecule has 0 fully saturated rings. The molecule has 0 aliphatic heterocycles. The lowest BCUT2D eigenvalue weighted by molar-refractivity contribution is 0.101. The number of aryl methyl sites for hydroxylation is 3. The first-order valence-corrected chi connectivity index (χ1v) is 8.42. The fourth-order valence-electron chi connectivity index (χ4n) is 2.67. The fourth-order valence-corrected chi connectivity index (χ4v) is 3.58. The van der Waals surface area contributed by atoms with Crippen molar-refractivity contribution in [2.75, 3.05) is 5.32 Å². The number of aromatic nitrogens is 3. The van der Waals surface area contributed by atoms with Crippen LogP contribution < -0.4 is 5.32 Å². The molecule has 23 heavy (non-hydrogen) atoms. The fraction of sp³-hybridized carbons (Fsp3) is 0.353. The largest absolute Gasteiger partial charge is 0.296 e. The number of rotatable bonds is 3. The molecular formula is C17H20N4OS. The third kappa shape index (κ3) is 2.99. The van der Waals surface area contributed by atoms with E-state index >= 15 is 0 Å². The molecule has 1 amide bonds. The van der Waals surface area contributed by atoms with E-state index in [1.807, 2.05) is 33.8 Å². The minimum absolute atomic E-state index is 0.129. The molecule has 0 unspecified atom stereocenters. The summed E-state index contributed by atoms with van der Waals surface area (Å²) in [5, 5.41) is 7.91. The highest BCUT2D eigenvalue weighted by Gasteiger charge is 2.18. The number of amides is 1. The molecule has 5 nitrogen and oxygen atoms in total. The zero-order valence-electron chi connectivity index (χ0n) is 14.0. The van der Waals surface area contributed by atoms with E-state index in [2.05, 4.69) is 28.4 Å². The second-order valence-electron chi connectivity index (χ2n) is 6.11. The van der Waals surface area contributed by atoms with Gasteiger partial charge in [0.25, 0.3) is 5.91 Å². The molecule has 1 N–H and O–H groups in total. The summed E-state index contributed by atoms with van der Waals surface area (Å²) in [5.74, 6) is -0.173. The van der Waals surface area contributed by atoms with Gasteiger partial charge in [-0.1, -0.05) is 17.4 Å². The van der Waals surface area contributed by atoms with Gasteiger partial charge in [-0.05, 0) is 57.9 Å². The van der Waals surface area contributed by atoms with Gasteiger partial charge in [-0.15, -0.1) is 0 Å². The summed E-state index contributed by atoms with van der Waals surface area (Å²) < 4.78 is 2.85. The van der Waals surface area contributed by atoms with Crippen LogP contribution in [-0.2, 0) is 0 Å². The van der Waals surface area contributed by atoms with Gasteiger partial charge in [-0.2, -0.15) is 5.10 Å². The molecule has 0 bridgehead atoms. The molecule has 3 aromatic rings. The minimum Gasteiger partial charge on any atom is -0.296 e. The predicted octanol–water partition coefficient (Wildman–Crippen LogP) is 4.25. The van der Waals surface area contributed by atoms with Gasteiger partial charge in [0.05, 0.1) is 15.9 Å². The van der Waals surface area contributed by atoms with E-state index < -0.39 is 0 Å². The summed E-state index contributed by atoms with van der Waals surface area (Å²) in [6.45, 7) is 10.0. The van der Waals surface area contributed by atoms with Crippen molar-refractivity contribution in [3.63, 3.8) is 0 Å². The van der Waals surface area contributed by atoms with Crippen molar-refractivity contribution in [3.05, 3.63) is 40.7 Å². The van der Waals surface area contributed by atoms with Crippen LogP contribution in [0.15, 0.2) is 18.2 Å². The molecule has 0 radical (unpaired) electrons. The second kappa shape index (κ2) is 5.77. The maximum atomic E-state index is 12.6. The topological polar surface area (TPSA) is 59.8 Å². The van der Waals surface area contributed by atoms with Gasteiger partial charge in [0, 0.05) is 6.04 Å². The number of hydrogen-bond acceptors (Lipinski definition) is 4. The third-order valence-electron chi connectivity index (χ3n) is 3.62. The number of nitrogens with one attached hydrogen (secondary N) is 1. The molecular weight excluding hydrogens is 308 g/mol. The number of carbonyl (C=O) groups excluding carboxylic acids is 1. The molecule has 120 valence electrons. The Bertz CT molecular complexity index is 892. The molecule has 3 rings (SSSR count). The van der Waals surface area contributed by atoms with Crippen LogP contribution in [-0.4, -0.2) is 20.7 Å². The van der Waals surface area contributed by atoms with Crippen molar-refractivity contribution in [1.29, 1.82) is 0 Å². The van der Waals surface area contributed by atoms with Crippen molar-refractivity contribution < 1.29 is 4.79 Å². The normalized spacial score (nSPS) is 11.4. The monoisotopic (exact) mass is 328 g/mol. The van der Waals surface area contributed by atoms with Crippen LogP contribution in [0.5, 0.6) is 0 Å². The lowest BCUT2D eigenvalue weighted by Crippen LogP contribution is -2.18. The smallest absolute Gasteiger partial charge is 0.275 e. The third-order valence-corrected chi connectivity index (χ3v) is 4.74. The number of anilines is 1. The van der Waals surface area contributed by atoms with Gasteiger partial charge in [-0.25, -0.2) is 4.98 Å². The average Bonchev–Trinajstić information content (AvgIpc) is 3.02. The number of benzene rings is 1. The van der Waals surface area contributed by atoms with Crippen molar-refractivity contribution in [1.82, 2.24) is 14.8 Å². The Balaban J connectivity index is 1.93. The van der Waals surface area contributed by atoms with Crippen LogP contribution in [0.4, 0.5) is 5.13 Å². The van der Waals surface area contributed by atoms with Crippen molar-refractivity contribution in [3.8, 4) is 0 Å². The van der Waals surface area contributed by atoms with E-state index in [1.165, 1.54) is 22.5 Å². The molecule has 2 heterocycles. The van der Waals surface area contributed by atoms with Crippen LogP contribution in [0.3, 0.4) is 0 Å². The minimum atomic E-state index is -0.173. The van der Waals surface area contributed by atoms with E-state index in [4.69, 9.17) is 0 Å². The lowest BCUT2D eigenvalue weighted by atomic mass is 10.1. The molecule has 0 aliphatic carbocycles. The molecule has 6 heteroatoms. The second-order valence-corrected chi connectivity index (χ2v) is 7.11. The molecule has 1 aromatic carbocycles. The van der Waals surface area contributed by atoms with Gasteiger partial charge in [-0.3, -0.25) is 14.8 Å². The number of hydrogen-bond donors (Lipinski definition) is 1. The highest BCUT2D eigenvalue weighted by atomic mass is 32.1. The summed E-state index contributed by atoms with van der Waals surface area (Å²) >= 11 is 1.50. The predicted molar refractivity (Wildman–Crippen MR) is 94.4 cm³/mol. The summed E-state index contributed by atoms with van der Waals surface area (Å²) in [6, 6.07) is 6.10. The van der Waals surface area contributed by atoms with E-state index in [9.17, 15) is 4.79 Å². The highest BCUT2D eigenvalue weighted by molar-refractivity contribution is 7.22. The highest BCUT2D eigenvalue weighted by Crippen LogP contribution is 2.30. The number of fused-ring (bicyclic) bond motifs is 1. The van der Waals surface area contributed by atoms with E-state index in [-0.39, 0.29) is 11.9 Å². The standard InChI is InChI=1S/C17H20N4OS/c1-9(2)21-14(8-12(5)20-21)16(22)19-17-18-13-7-10(3)6-11(4)15(13)23-17/h6-9H,1-5H3,(H,18,19,22). The number of carbonyl (C=O) groups is 1. The van der Waals surface area contributed by atoms with Crippen molar-refractivity contribution in [2.24, 2.45) is 0 Å². The Morgan fingerprint density at radius 2 is 1.96 bits per heavy atom. The van der Waals surface area contributed by atoms with E-state index in [0.717, 1.165) is 15.9 Å². The van der Waals surface area contributed by atoms with Gasteiger partial charge in [0.15, 0.2) is 5.13 Å². The van der Waals surface area contributed by atoms with Crippen LogP contribution in [0.2, 0.25) is 0 Å². The van der Waals surface area contributed by atoms with Gasteiger partial charge >= 0.3 is 0 Å². The summed E-state index contributed by atoms with van der Waals surface area (Å²) in [5.41, 5.74) is 4.67. The Labute approximate surface area is 139 Å². The lowest BCUT2D eigenvalue weighted by Gasteiger charge is -2.09. The summed E-state index contributed by atoms with van der Waals surface area (Å²) in [6.07, 6.45) is 0. The van der Waals surface area contributed by atoms with Crippen molar-refractivity contribution >= 4 is 32.6 Å². The van der Waals surface area contributed by atoms with Gasteiger partial charge in [0.2, 0.25) is 0 Å². The molecule has 0 aliphatic rings. The SMILES string of the molecule is Cc1cc(C)c2sc(NC(=O)c3cc(C)nn3C(C)C)nc2c1. The summed E-state index contributed by atoms with van der Waals surface area (Å²) in [7, 11) is 0. The van der Waals surface area contributed by atoms with E-state index in [1.54, 1.807) is 10.7 Å². The zero-order chi connectivity index (χ0) is 16.7. The van der Waals surface area contributed by atoms with Crippen LogP contribution in [0, 0.1) is 20.8 Å². The number of thiazole rings is 1. The maximum Gasteiger partial charge on any atom is 0.275 e. The quantitative estimate of drug-likeness (QED) is 0.782. The van der Waals surface area contributed by atoms with E-state index in [0.29, 0.717) is 10.8 Å². The Hall–Kier alpha value is -2.21. The van der Waals surface area contributed by atoms with Gasteiger partial charge in [0.1, 0.15) is 5.69 Å². The average molecular weight is 328 g/mol. The van der Waals surface area contributed by atoms with Crippen LogP contribution >= 0.6 is 11.3 Å². The first-order valence-electron chi connectivity index (χ1n) is 7.60. The number of nitrogens with zero attached hydrogens (tertiary/aromatic N) is 3. The van der Waals surface area contributed by atoms with Crippen LogP contribution in [0.25, 0.3) is 10.2 Å². The molecule has 0 atom stereocenters. The Kier molecular flexibility index (Phi) is 3.93.